The van der Waals surface area contributed by atoms with Gasteiger partial charge in [-0.3, -0.25) is 9.78 Å². The minimum Gasteiger partial charge on any atom is -0.497 e. The molecule has 0 atom stereocenters. The van der Waals surface area contributed by atoms with E-state index in [9.17, 15) is 4.79 Å². The molecule has 16 heavy (non-hydrogen) atoms. The first-order valence-electron chi connectivity index (χ1n) is 4.76. The fraction of sp³-hybridized carbons (Fsp3) is 0.0909. The lowest BCUT2D eigenvalue weighted by Crippen LogP contribution is -2.24. The molecule has 1 aliphatic heterocycles. The molecule has 1 aliphatic rings. The Hall–Kier alpha value is -2.30. The summed E-state index contributed by atoms with van der Waals surface area (Å²) in [5.74, 6) is -0.275. The number of carbonyl (C=O) groups excluding carboxylic acids is 1. The zero-order valence-corrected chi connectivity index (χ0v) is 8.51. The summed E-state index contributed by atoms with van der Waals surface area (Å²) < 4.78 is 4.97. The number of aromatic nitrogens is 1. The molecule has 2 heterocycles. The molecular formula is C11H11N3O2. The van der Waals surface area contributed by atoms with E-state index in [0.29, 0.717) is 23.6 Å². The second-order valence-corrected chi connectivity index (χ2v) is 3.21. The zero-order valence-electron chi connectivity index (χ0n) is 8.51. The van der Waals surface area contributed by atoms with E-state index in [1.807, 2.05) is 0 Å². The van der Waals surface area contributed by atoms with Crippen LogP contribution in [0.5, 0.6) is 0 Å². The normalized spacial score (nSPS) is 13.9. The van der Waals surface area contributed by atoms with E-state index in [4.69, 9.17) is 10.5 Å². The number of amides is 1. The van der Waals surface area contributed by atoms with Gasteiger partial charge in [-0.2, -0.15) is 0 Å². The fourth-order valence-corrected chi connectivity index (χ4v) is 1.27. The van der Waals surface area contributed by atoms with Crippen LogP contribution in [0.2, 0.25) is 0 Å². The second kappa shape index (κ2) is 4.48. The van der Waals surface area contributed by atoms with Crippen molar-refractivity contribution >= 4 is 11.6 Å². The standard InChI is InChI=1S/C11H11N3O2/c12-10-1-4-13-7-9(10)11(15)14-8-2-5-16-6-3-8/h1-5,7H,6H2,(H2,12,13)(H,14,15). The highest BCUT2D eigenvalue weighted by Crippen LogP contribution is 2.09. The maximum atomic E-state index is 11.8. The maximum absolute atomic E-state index is 11.8. The molecule has 0 radical (unpaired) electrons. The summed E-state index contributed by atoms with van der Waals surface area (Å²) in [6.07, 6.45) is 7.95. The summed E-state index contributed by atoms with van der Waals surface area (Å²) in [5.41, 5.74) is 7.13. The molecule has 0 fully saturated rings. The number of rotatable bonds is 2. The first-order chi connectivity index (χ1) is 7.77. The molecule has 82 valence electrons. The van der Waals surface area contributed by atoms with E-state index in [1.165, 1.54) is 12.5 Å². The largest absolute Gasteiger partial charge is 0.497 e. The average Bonchev–Trinajstić information content (AvgIpc) is 2.31. The Morgan fingerprint density at radius 1 is 1.56 bits per heavy atom. The van der Waals surface area contributed by atoms with Crippen LogP contribution in [0.3, 0.4) is 0 Å². The van der Waals surface area contributed by atoms with Gasteiger partial charge in [0.2, 0.25) is 0 Å². The number of pyridine rings is 1. The van der Waals surface area contributed by atoms with E-state index in [2.05, 4.69) is 10.3 Å². The minimum absolute atomic E-state index is 0.275. The number of nitrogens with two attached hydrogens (primary N) is 1. The predicted molar refractivity (Wildman–Crippen MR) is 59.3 cm³/mol. The number of hydrogen-bond donors (Lipinski definition) is 2. The SMILES string of the molecule is Nc1ccncc1C(=O)NC1=CCOC=C1. The van der Waals surface area contributed by atoms with Crippen molar-refractivity contribution < 1.29 is 9.53 Å². The summed E-state index contributed by atoms with van der Waals surface area (Å²) in [7, 11) is 0. The second-order valence-electron chi connectivity index (χ2n) is 3.21. The number of allylic oxidation sites excluding steroid dienone is 1. The van der Waals surface area contributed by atoms with Gasteiger partial charge in [0.15, 0.2) is 0 Å². The minimum atomic E-state index is -0.275. The van der Waals surface area contributed by atoms with Crippen molar-refractivity contribution in [2.75, 3.05) is 12.3 Å². The molecule has 0 aromatic carbocycles. The Balaban J connectivity index is 2.12. The van der Waals surface area contributed by atoms with Gasteiger partial charge in [-0.25, -0.2) is 0 Å². The number of nitrogen functional groups attached to an aromatic ring is 1. The van der Waals surface area contributed by atoms with E-state index in [1.54, 1.807) is 24.4 Å². The van der Waals surface area contributed by atoms with Crippen LogP contribution >= 0.6 is 0 Å². The van der Waals surface area contributed by atoms with E-state index >= 15 is 0 Å². The Labute approximate surface area is 92.6 Å². The van der Waals surface area contributed by atoms with Crippen LogP contribution in [0.15, 0.2) is 42.6 Å². The summed E-state index contributed by atoms with van der Waals surface area (Å²) in [4.78, 5) is 15.6. The summed E-state index contributed by atoms with van der Waals surface area (Å²) >= 11 is 0. The van der Waals surface area contributed by atoms with E-state index < -0.39 is 0 Å². The lowest BCUT2D eigenvalue weighted by atomic mass is 10.2. The molecule has 5 nitrogen and oxygen atoms in total. The van der Waals surface area contributed by atoms with Gasteiger partial charge >= 0.3 is 0 Å². The molecule has 0 saturated heterocycles. The van der Waals surface area contributed by atoms with Crippen LogP contribution in [0.4, 0.5) is 5.69 Å². The van der Waals surface area contributed by atoms with Crippen LogP contribution in [-0.2, 0) is 4.74 Å². The van der Waals surface area contributed by atoms with Crippen LogP contribution in [0.1, 0.15) is 10.4 Å². The Morgan fingerprint density at radius 3 is 3.12 bits per heavy atom. The third-order valence-electron chi connectivity index (χ3n) is 2.10. The Morgan fingerprint density at radius 2 is 2.44 bits per heavy atom. The number of ether oxygens (including phenoxy) is 1. The van der Waals surface area contributed by atoms with Crippen LogP contribution in [0.25, 0.3) is 0 Å². The smallest absolute Gasteiger partial charge is 0.259 e. The maximum Gasteiger partial charge on any atom is 0.259 e. The Bertz CT molecular complexity index is 466. The van der Waals surface area contributed by atoms with Gasteiger partial charge in [0.05, 0.1) is 11.8 Å². The molecule has 0 aliphatic carbocycles. The highest BCUT2D eigenvalue weighted by atomic mass is 16.5. The highest BCUT2D eigenvalue weighted by Gasteiger charge is 2.10. The summed E-state index contributed by atoms with van der Waals surface area (Å²) in [6.45, 7) is 0.453. The van der Waals surface area contributed by atoms with Crippen molar-refractivity contribution in [2.24, 2.45) is 0 Å². The predicted octanol–water partition coefficient (Wildman–Crippen LogP) is 0.821. The summed E-state index contributed by atoms with van der Waals surface area (Å²) in [5, 5.41) is 2.71. The van der Waals surface area contributed by atoms with Gasteiger partial charge < -0.3 is 15.8 Å². The molecule has 1 aromatic heterocycles. The van der Waals surface area contributed by atoms with E-state index in [-0.39, 0.29) is 5.91 Å². The molecule has 3 N–H and O–H groups in total. The molecule has 1 aromatic rings. The van der Waals surface area contributed by atoms with Gasteiger partial charge in [-0.1, -0.05) is 0 Å². The Kier molecular flexibility index (Phi) is 2.86. The molecule has 0 bridgehead atoms. The molecule has 2 rings (SSSR count). The van der Waals surface area contributed by atoms with Gasteiger partial charge in [-0.15, -0.1) is 0 Å². The molecular weight excluding hydrogens is 206 g/mol. The van der Waals surface area contributed by atoms with Crippen molar-refractivity contribution in [2.45, 2.75) is 0 Å². The first kappa shape index (κ1) is 10.2. The molecule has 1 amide bonds. The van der Waals surface area contributed by atoms with Crippen molar-refractivity contribution in [1.82, 2.24) is 10.3 Å². The fourth-order valence-electron chi connectivity index (χ4n) is 1.27. The van der Waals surface area contributed by atoms with Crippen molar-refractivity contribution in [3.8, 4) is 0 Å². The number of nitrogens with zero attached hydrogens (tertiary/aromatic N) is 1. The van der Waals surface area contributed by atoms with E-state index in [0.717, 1.165) is 0 Å². The highest BCUT2D eigenvalue weighted by molar-refractivity contribution is 5.99. The lowest BCUT2D eigenvalue weighted by Gasteiger charge is -2.10. The van der Waals surface area contributed by atoms with Crippen LogP contribution < -0.4 is 11.1 Å². The van der Waals surface area contributed by atoms with Gasteiger partial charge in [0, 0.05) is 23.8 Å². The average molecular weight is 217 g/mol. The first-order valence-corrected chi connectivity index (χ1v) is 4.76. The third-order valence-corrected chi connectivity index (χ3v) is 2.10. The van der Waals surface area contributed by atoms with Crippen molar-refractivity contribution in [3.05, 3.63) is 48.1 Å². The van der Waals surface area contributed by atoms with Crippen molar-refractivity contribution in [3.63, 3.8) is 0 Å². The molecule has 5 heteroatoms. The van der Waals surface area contributed by atoms with Gasteiger partial charge in [0.25, 0.3) is 5.91 Å². The topological polar surface area (TPSA) is 77.2 Å². The molecule has 0 spiro atoms. The summed E-state index contributed by atoms with van der Waals surface area (Å²) in [6, 6.07) is 1.59. The van der Waals surface area contributed by atoms with Crippen LogP contribution in [-0.4, -0.2) is 17.5 Å². The monoisotopic (exact) mass is 217 g/mol. The van der Waals surface area contributed by atoms with Gasteiger partial charge in [0.1, 0.15) is 6.61 Å². The quantitative estimate of drug-likeness (QED) is 0.768. The number of carbonyl (C=O) groups is 1. The number of nitrogens with one attached hydrogen (secondary N) is 1. The molecule has 0 saturated carbocycles. The zero-order chi connectivity index (χ0) is 11.4. The van der Waals surface area contributed by atoms with Gasteiger partial charge in [-0.05, 0) is 18.2 Å². The third kappa shape index (κ3) is 2.20. The lowest BCUT2D eigenvalue weighted by molar-refractivity contribution is 0.0967. The van der Waals surface area contributed by atoms with Crippen LogP contribution in [0, 0.1) is 0 Å². The molecule has 0 unspecified atom stereocenters. The number of anilines is 1. The number of hydrogen-bond acceptors (Lipinski definition) is 4. The van der Waals surface area contributed by atoms with Crippen molar-refractivity contribution in [1.29, 1.82) is 0 Å².